The highest BCUT2D eigenvalue weighted by molar-refractivity contribution is 6.01. The van der Waals surface area contributed by atoms with Gasteiger partial charge in [-0.2, -0.15) is 0 Å². The number of ketones is 1. The maximum atomic E-state index is 16.6. The van der Waals surface area contributed by atoms with Gasteiger partial charge in [-0.05, 0) is 57.1 Å². The van der Waals surface area contributed by atoms with Gasteiger partial charge in [-0.25, -0.2) is 9.18 Å². The molecule has 0 spiro atoms. The number of carbonyl (C=O) groups excluding carboxylic acids is 1. The molecule has 7 atom stereocenters. The molecule has 0 aromatic carbocycles. The molecule has 0 amide bonds. The molecule has 3 saturated carbocycles. The number of halogens is 1. The summed E-state index contributed by atoms with van der Waals surface area (Å²) in [5.41, 5.74) is -5.41. The zero-order valence-electron chi connectivity index (χ0n) is 15.0. The van der Waals surface area contributed by atoms with Gasteiger partial charge in [-0.1, -0.05) is 18.6 Å². The number of alkyl halides is 1. The lowest BCUT2D eigenvalue weighted by atomic mass is 9.45. The fourth-order valence-corrected chi connectivity index (χ4v) is 6.57. The Hall–Kier alpha value is -1.53. The number of aliphatic carboxylic acids is 1. The minimum absolute atomic E-state index is 0.0660. The number of allylic oxidation sites excluding steroid dienone is 4. The standard InChI is InChI=1S/C20H25FO5/c1-17-7-5-12(22)9-11(17)3-4-14-13-6-8-19(26,16(24)25)18(13,2)10-15(23)20(14,17)21/h5,7,9,13-15,23,26H,3-4,6,8,10H2,1-2H3,(H,24,25)/t13-,14-,15-,17-,18-,19+,20?/m0/s1. The highest BCUT2D eigenvalue weighted by Gasteiger charge is 2.74. The molecule has 4 rings (SSSR count). The maximum absolute atomic E-state index is 16.6. The van der Waals surface area contributed by atoms with Gasteiger partial charge in [0, 0.05) is 16.7 Å². The Balaban J connectivity index is 1.83. The van der Waals surface area contributed by atoms with Gasteiger partial charge in [-0.15, -0.1) is 0 Å². The Morgan fingerprint density at radius 1 is 1.27 bits per heavy atom. The van der Waals surface area contributed by atoms with E-state index in [0.717, 1.165) is 0 Å². The van der Waals surface area contributed by atoms with Crippen molar-refractivity contribution >= 4 is 11.8 Å². The maximum Gasteiger partial charge on any atom is 0.336 e. The van der Waals surface area contributed by atoms with Gasteiger partial charge in [-0.3, -0.25) is 4.79 Å². The second-order valence-corrected chi connectivity index (χ2v) is 8.97. The quantitative estimate of drug-likeness (QED) is 0.663. The summed E-state index contributed by atoms with van der Waals surface area (Å²) in [5.74, 6) is -2.37. The molecule has 0 aromatic rings. The zero-order chi connectivity index (χ0) is 19.1. The summed E-state index contributed by atoms with van der Waals surface area (Å²) < 4.78 is 16.6. The highest BCUT2D eigenvalue weighted by atomic mass is 19.1. The van der Waals surface area contributed by atoms with Crippen LogP contribution in [0.3, 0.4) is 0 Å². The van der Waals surface area contributed by atoms with Crippen LogP contribution in [0.4, 0.5) is 4.39 Å². The summed E-state index contributed by atoms with van der Waals surface area (Å²) in [6.45, 7) is 3.40. The van der Waals surface area contributed by atoms with E-state index in [1.54, 1.807) is 19.9 Å². The van der Waals surface area contributed by atoms with Crippen LogP contribution >= 0.6 is 0 Å². The van der Waals surface area contributed by atoms with Crippen molar-refractivity contribution in [2.24, 2.45) is 22.7 Å². The summed E-state index contributed by atoms with van der Waals surface area (Å²) in [7, 11) is 0. The molecule has 0 radical (unpaired) electrons. The van der Waals surface area contributed by atoms with Crippen molar-refractivity contribution in [3.8, 4) is 0 Å². The van der Waals surface area contributed by atoms with E-state index in [0.29, 0.717) is 24.8 Å². The van der Waals surface area contributed by atoms with E-state index in [4.69, 9.17) is 0 Å². The lowest BCUT2D eigenvalue weighted by Crippen LogP contribution is -2.69. The summed E-state index contributed by atoms with van der Waals surface area (Å²) in [5, 5.41) is 31.4. The predicted octanol–water partition coefficient (Wildman–Crippen LogP) is 2.17. The number of hydrogen-bond acceptors (Lipinski definition) is 4. The minimum Gasteiger partial charge on any atom is -0.479 e. The molecule has 0 aromatic heterocycles. The molecule has 5 nitrogen and oxygen atoms in total. The number of aliphatic hydroxyl groups is 2. The first-order chi connectivity index (χ1) is 12.0. The van der Waals surface area contributed by atoms with Gasteiger partial charge in [0.2, 0.25) is 0 Å². The molecule has 6 heteroatoms. The second-order valence-electron chi connectivity index (χ2n) is 8.97. The lowest BCUT2D eigenvalue weighted by molar-refractivity contribution is -0.222. The monoisotopic (exact) mass is 364 g/mol. The normalized spacial score (nSPS) is 52.7. The van der Waals surface area contributed by atoms with Crippen LogP contribution < -0.4 is 0 Å². The number of carbonyl (C=O) groups is 2. The zero-order valence-corrected chi connectivity index (χ0v) is 15.0. The van der Waals surface area contributed by atoms with Crippen molar-refractivity contribution in [1.82, 2.24) is 0 Å². The molecule has 0 aliphatic heterocycles. The Morgan fingerprint density at radius 3 is 2.62 bits per heavy atom. The first-order valence-electron chi connectivity index (χ1n) is 9.28. The van der Waals surface area contributed by atoms with E-state index in [1.165, 1.54) is 12.2 Å². The molecule has 0 saturated heterocycles. The molecule has 0 heterocycles. The largest absolute Gasteiger partial charge is 0.479 e. The van der Waals surface area contributed by atoms with E-state index in [2.05, 4.69) is 0 Å². The van der Waals surface area contributed by atoms with Gasteiger partial charge in [0.25, 0.3) is 0 Å². The van der Waals surface area contributed by atoms with Gasteiger partial charge >= 0.3 is 5.97 Å². The van der Waals surface area contributed by atoms with E-state index in [9.17, 15) is 24.9 Å². The Labute approximate surface area is 151 Å². The third-order valence-electron chi connectivity index (χ3n) is 8.15. The number of carboxylic acid groups (broad SMARTS) is 1. The van der Waals surface area contributed by atoms with Crippen molar-refractivity contribution in [2.45, 2.75) is 63.3 Å². The number of fused-ring (bicyclic) bond motifs is 5. The SMILES string of the molecule is C[C@]12C=CC(=O)C=C1CC[C@H]1[C@@H]3CC[C@@](O)(C(=O)O)[C@@]3(C)C[C@H](O)C12F. The first-order valence-corrected chi connectivity index (χ1v) is 9.28. The fraction of sp³-hybridized carbons (Fsp3) is 0.700. The van der Waals surface area contributed by atoms with Crippen LogP contribution in [0.25, 0.3) is 0 Å². The summed E-state index contributed by atoms with van der Waals surface area (Å²) in [6.07, 6.45) is 4.33. The average Bonchev–Trinajstić information content (AvgIpc) is 2.83. The molecule has 3 N–H and O–H groups in total. The topological polar surface area (TPSA) is 94.8 Å². The first kappa shape index (κ1) is 17.9. The minimum atomic E-state index is -1.98. The van der Waals surface area contributed by atoms with E-state index in [-0.39, 0.29) is 24.5 Å². The summed E-state index contributed by atoms with van der Waals surface area (Å²) >= 11 is 0. The average molecular weight is 364 g/mol. The van der Waals surface area contributed by atoms with E-state index < -0.39 is 40.1 Å². The molecular formula is C20H25FO5. The van der Waals surface area contributed by atoms with Crippen molar-refractivity contribution in [3.05, 3.63) is 23.8 Å². The van der Waals surface area contributed by atoms with Crippen LogP contribution in [0.1, 0.15) is 46.0 Å². The molecule has 3 fully saturated rings. The third-order valence-corrected chi connectivity index (χ3v) is 8.15. The van der Waals surface area contributed by atoms with Gasteiger partial charge in [0.05, 0.1) is 6.10 Å². The number of carboxylic acids is 1. The molecule has 0 bridgehead atoms. The van der Waals surface area contributed by atoms with Crippen LogP contribution in [0.2, 0.25) is 0 Å². The van der Waals surface area contributed by atoms with Crippen LogP contribution in [-0.2, 0) is 9.59 Å². The molecule has 4 aliphatic rings. The van der Waals surface area contributed by atoms with Gasteiger partial charge in [0.15, 0.2) is 17.1 Å². The summed E-state index contributed by atoms with van der Waals surface area (Å²) in [4.78, 5) is 23.5. The van der Waals surface area contributed by atoms with Crippen molar-refractivity contribution < 1.29 is 29.3 Å². The van der Waals surface area contributed by atoms with Crippen LogP contribution in [-0.4, -0.2) is 44.4 Å². The molecule has 1 unspecified atom stereocenters. The third kappa shape index (κ3) is 1.77. The van der Waals surface area contributed by atoms with Crippen LogP contribution in [0.5, 0.6) is 0 Å². The predicted molar refractivity (Wildman–Crippen MR) is 90.9 cm³/mol. The van der Waals surface area contributed by atoms with Crippen molar-refractivity contribution in [2.75, 3.05) is 0 Å². The fourth-order valence-electron chi connectivity index (χ4n) is 6.57. The van der Waals surface area contributed by atoms with E-state index in [1.807, 2.05) is 0 Å². The Bertz CT molecular complexity index is 759. The highest BCUT2D eigenvalue weighted by Crippen LogP contribution is 2.69. The Morgan fingerprint density at radius 2 is 1.96 bits per heavy atom. The Kier molecular flexibility index (Phi) is 3.47. The summed E-state index contributed by atoms with van der Waals surface area (Å²) in [6, 6.07) is 0. The van der Waals surface area contributed by atoms with Crippen LogP contribution in [0, 0.1) is 22.7 Å². The molecule has 26 heavy (non-hydrogen) atoms. The lowest BCUT2D eigenvalue weighted by Gasteiger charge is -2.62. The van der Waals surface area contributed by atoms with E-state index >= 15 is 4.39 Å². The molecule has 4 aliphatic carbocycles. The molecular weight excluding hydrogens is 339 g/mol. The second kappa shape index (κ2) is 5.04. The van der Waals surface area contributed by atoms with Crippen LogP contribution in [0.15, 0.2) is 23.8 Å². The number of hydrogen-bond donors (Lipinski definition) is 3. The smallest absolute Gasteiger partial charge is 0.336 e. The number of aliphatic hydroxyl groups excluding tert-OH is 1. The van der Waals surface area contributed by atoms with Crippen molar-refractivity contribution in [3.63, 3.8) is 0 Å². The van der Waals surface area contributed by atoms with Gasteiger partial charge in [0.1, 0.15) is 0 Å². The molecule has 142 valence electrons. The van der Waals surface area contributed by atoms with Gasteiger partial charge < -0.3 is 15.3 Å². The number of rotatable bonds is 1. The van der Waals surface area contributed by atoms with Crippen molar-refractivity contribution in [1.29, 1.82) is 0 Å².